The molecule has 1 fully saturated rings. The predicted octanol–water partition coefficient (Wildman–Crippen LogP) is 2.19. The Morgan fingerprint density at radius 3 is 2.41 bits per heavy atom. The SMILES string of the molecule is CSCC[C@@H](NC(C)=O)C(=O)N[C@@H]1CC(C)N([C@H](Cc2ccccc2)C(=O)C(C)C)C1=O. The zero-order valence-electron chi connectivity index (χ0n) is 19.6. The van der Waals surface area contributed by atoms with Gasteiger partial charge in [-0.25, -0.2) is 0 Å². The molecule has 1 unspecified atom stereocenters. The largest absolute Gasteiger partial charge is 0.345 e. The summed E-state index contributed by atoms with van der Waals surface area (Å²) in [4.78, 5) is 52.4. The van der Waals surface area contributed by atoms with Gasteiger partial charge in [0.25, 0.3) is 0 Å². The maximum Gasteiger partial charge on any atom is 0.246 e. The molecule has 0 bridgehead atoms. The molecule has 32 heavy (non-hydrogen) atoms. The van der Waals surface area contributed by atoms with Gasteiger partial charge in [-0.3, -0.25) is 19.2 Å². The van der Waals surface area contributed by atoms with Gasteiger partial charge in [-0.2, -0.15) is 11.8 Å². The first kappa shape index (κ1) is 25.9. The summed E-state index contributed by atoms with van der Waals surface area (Å²) in [5, 5.41) is 5.50. The number of nitrogens with zero attached hydrogens (tertiary/aromatic N) is 1. The lowest BCUT2D eigenvalue weighted by Crippen LogP contribution is -2.53. The Hall–Kier alpha value is -2.35. The van der Waals surface area contributed by atoms with Gasteiger partial charge >= 0.3 is 0 Å². The summed E-state index contributed by atoms with van der Waals surface area (Å²) >= 11 is 1.59. The fourth-order valence-corrected chi connectivity index (χ4v) is 4.59. The highest BCUT2D eigenvalue weighted by atomic mass is 32.2. The van der Waals surface area contributed by atoms with Gasteiger partial charge in [-0.1, -0.05) is 44.2 Å². The molecule has 0 spiro atoms. The van der Waals surface area contributed by atoms with Gasteiger partial charge < -0.3 is 15.5 Å². The molecule has 0 aliphatic carbocycles. The van der Waals surface area contributed by atoms with Crippen LogP contribution in [0.2, 0.25) is 0 Å². The van der Waals surface area contributed by atoms with Crippen LogP contribution in [-0.4, -0.2) is 64.6 Å². The number of nitrogens with one attached hydrogen (secondary N) is 2. The van der Waals surface area contributed by atoms with E-state index in [1.807, 2.05) is 57.4 Å². The average molecular weight is 462 g/mol. The van der Waals surface area contributed by atoms with Crippen molar-refractivity contribution in [1.29, 1.82) is 0 Å². The lowest BCUT2D eigenvalue weighted by Gasteiger charge is -2.32. The molecule has 1 aromatic rings. The summed E-state index contributed by atoms with van der Waals surface area (Å²) in [5.74, 6) is -0.389. The first-order valence-corrected chi connectivity index (χ1v) is 12.5. The van der Waals surface area contributed by atoms with Crippen molar-refractivity contribution in [3.05, 3.63) is 35.9 Å². The number of hydrogen-bond donors (Lipinski definition) is 2. The smallest absolute Gasteiger partial charge is 0.246 e. The molecule has 1 saturated heterocycles. The molecule has 8 heteroatoms. The Morgan fingerprint density at radius 1 is 1.19 bits per heavy atom. The highest BCUT2D eigenvalue weighted by Crippen LogP contribution is 2.26. The molecule has 1 aliphatic rings. The van der Waals surface area contributed by atoms with Crippen LogP contribution in [-0.2, 0) is 25.6 Å². The summed E-state index contributed by atoms with van der Waals surface area (Å²) in [5.41, 5.74) is 0.988. The minimum Gasteiger partial charge on any atom is -0.345 e. The molecule has 7 nitrogen and oxygen atoms in total. The van der Waals surface area contributed by atoms with Crippen LogP contribution in [0.3, 0.4) is 0 Å². The number of carbonyl (C=O) groups excluding carboxylic acids is 4. The van der Waals surface area contributed by atoms with Gasteiger partial charge in [0.15, 0.2) is 5.78 Å². The monoisotopic (exact) mass is 461 g/mol. The number of Topliss-reactive ketones (excluding diaryl/α,β-unsaturated/α-hetero) is 1. The number of rotatable bonds is 11. The van der Waals surface area contributed by atoms with E-state index in [2.05, 4.69) is 10.6 Å². The lowest BCUT2D eigenvalue weighted by atomic mass is 9.94. The third kappa shape index (κ3) is 6.82. The van der Waals surface area contributed by atoms with Crippen molar-refractivity contribution in [3.63, 3.8) is 0 Å². The van der Waals surface area contributed by atoms with Crippen LogP contribution in [0.1, 0.15) is 46.1 Å². The van der Waals surface area contributed by atoms with E-state index in [-0.39, 0.29) is 35.5 Å². The maximum atomic E-state index is 13.3. The first-order valence-electron chi connectivity index (χ1n) is 11.1. The summed E-state index contributed by atoms with van der Waals surface area (Å²) in [6, 6.07) is 7.50. The van der Waals surface area contributed by atoms with Gasteiger partial charge in [-0.15, -0.1) is 0 Å². The number of amides is 3. The van der Waals surface area contributed by atoms with Crippen LogP contribution < -0.4 is 10.6 Å². The van der Waals surface area contributed by atoms with Crippen molar-refractivity contribution >= 4 is 35.3 Å². The first-order chi connectivity index (χ1) is 15.1. The summed E-state index contributed by atoms with van der Waals surface area (Å²) < 4.78 is 0. The molecule has 0 aromatic heterocycles. The Labute approximate surface area is 195 Å². The van der Waals surface area contributed by atoms with Crippen molar-refractivity contribution < 1.29 is 19.2 Å². The fraction of sp³-hybridized carbons (Fsp3) is 0.583. The number of ketones is 1. The van der Waals surface area contributed by atoms with Crippen LogP contribution >= 0.6 is 11.8 Å². The Kier molecular flexibility index (Phi) is 9.75. The normalized spacial score (nSPS) is 20.2. The molecular weight excluding hydrogens is 426 g/mol. The molecule has 0 saturated carbocycles. The molecule has 1 aromatic carbocycles. The molecular formula is C24H35N3O4S. The molecule has 3 amide bonds. The van der Waals surface area contributed by atoms with E-state index in [4.69, 9.17) is 0 Å². The second-order valence-corrected chi connectivity index (χ2v) is 9.67. The van der Waals surface area contributed by atoms with Crippen LogP contribution in [0.4, 0.5) is 0 Å². The zero-order chi connectivity index (χ0) is 23.8. The minimum absolute atomic E-state index is 0.0112. The Bertz CT molecular complexity index is 815. The van der Waals surface area contributed by atoms with Gasteiger partial charge in [-0.05, 0) is 43.8 Å². The van der Waals surface area contributed by atoms with Crippen LogP contribution in [0.15, 0.2) is 30.3 Å². The highest BCUT2D eigenvalue weighted by Gasteiger charge is 2.44. The third-order valence-electron chi connectivity index (χ3n) is 5.73. The quantitative estimate of drug-likeness (QED) is 0.527. The van der Waals surface area contributed by atoms with Crippen LogP contribution in [0, 0.1) is 5.92 Å². The molecule has 176 valence electrons. The van der Waals surface area contributed by atoms with Crippen molar-refractivity contribution in [2.24, 2.45) is 5.92 Å². The summed E-state index contributed by atoms with van der Waals surface area (Å²) in [6.45, 7) is 6.97. The van der Waals surface area contributed by atoms with E-state index >= 15 is 0 Å². The Morgan fingerprint density at radius 2 is 1.84 bits per heavy atom. The third-order valence-corrected chi connectivity index (χ3v) is 6.37. The summed E-state index contributed by atoms with van der Waals surface area (Å²) in [7, 11) is 0. The van der Waals surface area contributed by atoms with E-state index in [0.29, 0.717) is 25.0 Å². The van der Waals surface area contributed by atoms with Gasteiger partial charge in [0.1, 0.15) is 12.1 Å². The van der Waals surface area contributed by atoms with Crippen LogP contribution in [0.5, 0.6) is 0 Å². The van der Waals surface area contributed by atoms with Crippen molar-refractivity contribution in [1.82, 2.24) is 15.5 Å². The molecule has 1 heterocycles. The number of carbonyl (C=O) groups is 4. The molecule has 0 radical (unpaired) electrons. The van der Waals surface area contributed by atoms with Gasteiger partial charge in [0, 0.05) is 18.9 Å². The number of likely N-dealkylation sites (tertiary alicyclic amines) is 1. The lowest BCUT2D eigenvalue weighted by molar-refractivity contribution is -0.141. The Balaban J connectivity index is 2.19. The van der Waals surface area contributed by atoms with Crippen molar-refractivity contribution in [2.45, 2.75) is 71.1 Å². The molecule has 4 atom stereocenters. The minimum atomic E-state index is -0.707. The number of benzene rings is 1. The van der Waals surface area contributed by atoms with E-state index in [1.54, 1.807) is 16.7 Å². The van der Waals surface area contributed by atoms with E-state index in [9.17, 15) is 19.2 Å². The second-order valence-electron chi connectivity index (χ2n) is 8.69. The van der Waals surface area contributed by atoms with Gasteiger partial charge in [0.05, 0.1) is 6.04 Å². The van der Waals surface area contributed by atoms with Crippen molar-refractivity contribution in [2.75, 3.05) is 12.0 Å². The molecule has 1 aliphatic heterocycles. The van der Waals surface area contributed by atoms with Crippen molar-refractivity contribution in [3.8, 4) is 0 Å². The number of hydrogen-bond acceptors (Lipinski definition) is 5. The van der Waals surface area contributed by atoms with Crippen LogP contribution in [0.25, 0.3) is 0 Å². The molecule has 2 N–H and O–H groups in total. The summed E-state index contributed by atoms with van der Waals surface area (Å²) in [6.07, 6.45) is 3.28. The van der Waals surface area contributed by atoms with E-state index in [1.165, 1.54) is 6.92 Å². The standard InChI is InChI=1S/C24H35N3O4S/c1-15(2)22(29)21(14-18-9-7-6-8-10-18)27-16(3)13-20(24(27)31)26-23(30)19(11-12-32-5)25-17(4)28/h6-10,15-16,19-21H,11-14H2,1-5H3,(H,25,28)(H,26,30)/t16?,19-,20-,21-/m1/s1. The van der Waals surface area contributed by atoms with Gasteiger partial charge in [0.2, 0.25) is 17.7 Å². The predicted molar refractivity (Wildman–Crippen MR) is 127 cm³/mol. The average Bonchev–Trinajstić information content (AvgIpc) is 3.02. The molecule has 2 rings (SSSR count). The highest BCUT2D eigenvalue weighted by molar-refractivity contribution is 7.98. The maximum absolute atomic E-state index is 13.3. The topological polar surface area (TPSA) is 95.6 Å². The second kappa shape index (κ2) is 12.0. The number of thioether (sulfide) groups is 1. The zero-order valence-corrected chi connectivity index (χ0v) is 20.4. The fourth-order valence-electron chi connectivity index (χ4n) is 4.11. The van der Waals surface area contributed by atoms with E-state index < -0.39 is 18.1 Å². The van der Waals surface area contributed by atoms with E-state index in [0.717, 1.165) is 5.56 Å².